The van der Waals surface area contributed by atoms with E-state index in [1.165, 1.54) is 11.8 Å². The lowest BCUT2D eigenvalue weighted by Crippen LogP contribution is -2.26. The summed E-state index contributed by atoms with van der Waals surface area (Å²) >= 11 is 2.55. The summed E-state index contributed by atoms with van der Waals surface area (Å²) in [5, 5.41) is 5.72. The van der Waals surface area contributed by atoms with Crippen molar-refractivity contribution in [3.05, 3.63) is 34.3 Å². The molecule has 1 aliphatic heterocycles. The number of carbonyl (C=O) groups excluding carboxylic acids is 3. The van der Waals surface area contributed by atoms with Crippen LogP contribution in [0.15, 0.2) is 23.1 Å². The molecule has 2 aromatic rings. The Morgan fingerprint density at radius 2 is 2.11 bits per heavy atom. The molecule has 2 N–H and O–H groups in total. The predicted octanol–water partition coefficient (Wildman–Crippen LogP) is 4.13. The number of aromatic nitrogens is 1. The van der Waals surface area contributed by atoms with Crippen molar-refractivity contribution in [3.8, 4) is 0 Å². The van der Waals surface area contributed by atoms with E-state index in [-0.39, 0.29) is 29.6 Å². The van der Waals surface area contributed by atoms with E-state index in [1.807, 2.05) is 26.8 Å². The average Bonchev–Trinajstić information content (AvgIpc) is 3.07. The van der Waals surface area contributed by atoms with Crippen molar-refractivity contribution in [3.63, 3.8) is 0 Å². The minimum absolute atomic E-state index is 0.0132. The van der Waals surface area contributed by atoms with E-state index in [0.29, 0.717) is 27.0 Å². The maximum atomic E-state index is 12.7. The number of thioether (sulfide) groups is 1. The lowest BCUT2D eigenvalue weighted by Gasteiger charge is -2.21. The second-order valence-corrected chi connectivity index (χ2v) is 8.90. The summed E-state index contributed by atoms with van der Waals surface area (Å²) in [6.07, 6.45) is 0. The summed E-state index contributed by atoms with van der Waals surface area (Å²) in [6, 6.07) is 5.16. The lowest BCUT2D eigenvalue weighted by atomic mass is 10.1. The monoisotopic (exact) mass is 419 g/mol. The van der Waals surface area contributed by atoms with Gasteiger partial charge in [0.15, 0.2) is 5.13 Å². The first kappa shape index (κ1) is 20.3. The van der Waals surface area contributed by atoms with Gasteiger partial charge in [0.2, 0.25) is 5.91 Å². The largest absolute Gasteiger partial charge is 0.462 e. The lowest BCUT2D eigenvalue weighted by molar-refractivity contribution is -0.115. The van der Waals surface area contributed by atoms with Crippen molar-refractivity contribution >= 4 is 51.7 Å². The number of fused-ring (bicyclic) bond motifs is 1. The van der Waals surface area contributed by atoms with Gasteiger partial charge in [-0.3, -0.25) is 14.9 Å². The summed E-state index contributed by atoms with van der Waals surface area (Å²) in [5.41, 5.74) is 1.62. The molecule has 2 amide bonds. The van der Waals surface area contributed by atoms with Crippen LogP contribution in [0.1, 0.15) is 59.3 Å². The fourth-order valence-corrected chi connectivity index (χ4v) is 4.58. The summed E-state index contributed by atoms with van der Waals surface area (Å²) in [7, 11) is 0. The van der Waals surface area contributed by atoms with Crippen molar-refractivity contribution in [2.24, 2.45) is 0 Å². The Morgan fingerprint density at radius 3 is 2.79 bits per heavy atom. The van der Waals surface area contributed by atoms with Crippen LogP contribution in [0.2, 0.25) is 0 Å². The highest BCUT2D eigenvalue weighted by molar-refractivity contribution is 8.00. The van der Waals surface area contributed by atoms with Crippen molar-refractivity contribution in [2.75, 3.05) is 17.2 Å². The molecule has 0 spiro atoms. The number of hydrogen-bond donors (Lipinski definition) is 2. The summed E-state index contributed by atoms with van der Waals surface area (Å²) in [5.74, 6) is -0.873. The minimum Gasteiger partial charge on any atom is -0.462 e. The van der Waals surface area contributed by atoms with Crippen molar-refractivity contribution in [1.82, 2.24) is 4.98 Å². The van der Waals surface area contributed by atoms with Gasteiger partial charge in [-0.2, -0.15) is 0 Å². The van der Waals surface area contributed by atoms with Gasteiger partial charge in [0, 0.05) is 10.5 Å². The molecule has 0 aliphatic carbocycles. The van der Waals surface area contributed by atoms with Gasteiger partial charge in [-0.25, -0.2) is 9.78 Å². The first-order valence-corrected chi connectivity index (χ1v) is 10.6. The highest BCUT2D eigenvalue weighted by Crippen LogP contribution is 2.36. The molecular weight excluding hydrogens is 398 g/mol. The molecule has 2 heterocycles. The van der Waals surface area contributed by atoms with Crippen LogP contribution < -0.4 is 10.6 Å². The number of nitrogens with one attached hydrogen (secondary N) is 2. The Bertz CT molecular complexity index is 939. The zero-order valence-electron chi connectivity index (χ0n) is 16.0. The maximum absolute atomic E-state index is 12.7. The Morgan fingerprint density at radius 1 is 1.36 bits per heavy atom. The SMILES string of the molecule is CCOC(=O)c1sc(NC(=O)c2ccc3c(c2)NC(=O)[C@@H](C)S3)nc1C(C)C. The van der Waals surface area contributed by atoms with Gasteiger partial charge in [0.1, 0.15) is 4.88 Å². The molecule has 1 aromatic heterocycles. The second-order valence-electron chi connectivity index (χ2n) is 6.52. The zero-order valence-corrected chi connectivity index (χ0v) is 17.6. The molecule has 0 radical (unpaired) electrons. The summed E-state index contributed by atoms with van der Waals surface area (Å²) < 4.78 is 5.08. The molecule has 3 rings (SSSR count). The third-order valence-corrected chi connectivity index (χ3v) is 6.20. The molecule has 0 fully saturated rings. The number of carbonyl (C=O) groups is 3. The smallest absolute Gasteiger partial charge is 0.350 e. The number of ether oxygens (including phenoxy) is 1. The van der Waals surface area contributed by atoms with E-state index >= 15 is 0 Å². The highest BCUT2D eigenvalue weighted by Gasteiger charge is 2.25. The zero-order chi connectivity index (χ0) is 20.4. The first-order valence-electron chi connectivity index (χ1n) is 8.91. The number of esters is 1. The van der Waals surface area contributed by atoms with Crippen LogP contribution in [0.5, 0.6) is 0 Å². The Labute approximate surface area is 171 Å². The van der Waals surface area contributed by atoms with Crippen LogP contribution in [-0.4, -0.2) is 34.6 Å². The van der Waals surface area contributed by atoms with Crippen molar-refractivity contribution in [1.29, 1.82) is 0 Å². The van der Waals surface area contributed by atoms with E-state index < -0.39 is 5.97 Å². The molecule has 1 atom stereocenters. The Kier molecular flexibility index (Phi) is 6.04. The number of benzene rings is 1. The molecule has 1 aliphatic rings. The third-order valence-electron chi connectivity index (χ3n) is 4.05. The van der Waals surface area contributed by atoms with E-state index in [2.05, 4.69) is 15.6 Å². The normalized spacial score (nSPS) is 15.8. The third kappa shape index (κ3) is 4.20. The van der Waals surface area contributed by atoms with Crippen molar-refractivity contribution in [2.45, 2.75) is 43.8 Å². The Hall–Kier alpha value is -2.39. The first-order chi connectivity index (χ1) is 13.3. The van der Waals surface area contributed by atoms with E-state index in [1.54, 1.807) is 19.1 Å². The molecule has 7 nitrogen and oxygen atoms in total. The summed E-state index contributed by atoms with van der Waals surface area (Å²) in [6.45, 7) is 7.69. The molecule has 1 aromatic carbocycles. The van der Waals surface area contributed by atoms with Crippen LogP contribution in [0.4, 0.5) is 10.8 Å². The van der Waals surface area contributed by atoms with Gasteiger partial charge in [-0.15, -0.1) is 11.8 Å². The number of amides is 2. The molecule has 0 bridgehead atoms. The van der Waals surface area contributed by atoms with Gasteiger partial charge < -0.3 is 10.1 Å². The number of anilines is 2. The van der Waals surface area contributed by atoms with Crippen LogP contribution in [-0.2, 0) is 9.53 Å². The van der Waals surface area contributed by atoms with Gasteiger partial charge in [-0.05, 0) is 38.0 Å². The molecule has 0 saturated carbocycles. The standard InChI is InChI=1S/C19H21N3O4S2/c1-5-26-18(25)15-14(9(2)3)21-19(28-15)22-17(24)11-6-7-13-12(8-11)20-16(23)10(4)27-13/h6-10H,5H2,1-4H3,(H,20,23)(H,21,22,24)/t10-/m1/s1. The van der Waals surface area contributed by atoms with Crippen LogP contribution in [0, 0.1) is 0 Å². The van der Waals surface area contributed by atoms with E-state index in [0.717, 1.165) is 16.2 Å². The molecule has 148 valence electrons. The maximum Gasteiger partial charge on any atom is 0.350 e. The number of nitrogens with zero attached hydrogens (tertiary/aromatic N) is 1. The average molecular weight is 420 g/mol. The van der Waals surface area contributed by atoms with Crippen molar-refractivity contribution < 1.29 is 19.1 Å². The fourth-order valence-electron chi connectivity index (χ4n) is 2.64. The minimum atomic E-state index is -0.438. The van der Waals surface area contributed by atoms with Gasteiger partial charge in [0.05, 0.1) is 23.2 Å². The molecule has 9 heteroatoms. The van der Waals surface area contributed by atoms with Crippen LogP contribution >= 0.6 is 23.1 Å². The quantitative estimate of drug-likeness (QED) is 0.708. The van der Waals surface area contributed by atoms with Crippen LogP contribution in [0.3, 0.4) is 0 Å². The van der Waals surface area contributed by atoms with Gasteiger partial charge in [-0.1, -0.05) is 25.2 Å². The number of thiazole rings is 1. The van der Waals surface area contributed by atoms with Gasteiger partial charge in [0.25, 0.3) is 5.91 Å². The predicted molar refractivity (Wildman–Crippen MR) is 111 cm³/mol. The second kappa shape index (κ2) is 8.32. The number of rotatable bonds is 5. The molecule has 0 saturated heterocycles. The molecular formula is C19H21N3O4S2. The van der Waals surface area contributed by atoms with Crippen LogP contribution in [0.25, 0.3) is 0 Å². The highest BCUT2D eigenvalue weighted by atomic mass is 32.2. The topological polar surface area (TPSA) is 97.4 Å². The number of hydrogen-bond acceptors (Lipinski definition) is 7. The fraction of sp³-hybridized carbons (Fsp3) is 0.368. The molecule has 0 unspecified atom stereocenters. The summed E-state index contributed by atoms with van der Waals surface area (Å²) in [4.78, 5) is 42.4. The van der Waals surface area contributed by atoms with Gasteiger partial charge >= 0.3 is 5.97 Å². The van der Waals surface area contributed by atoms with E-state index in [4.69, 9.17) is 4.74 Å². The molecule has 28 heavy (non-hydrogen) atoms. The Balaban J connectivity index is 1.82. The van der Waals surface area contributed by atoms with E-state index in [9.17, 15) is 14.4 Å².